The van der Waals surface area contributed by atoms with Crippen molar-refractivity contribution in [2.75, 3.05) is 23.4 Å². The molecule has 1 aliphatic rings. The second-order valence-corrected chi connectivity index (χ2v) is 6.12. The predicted molar refractivity (Wildman–Crippen MR) is 97.8 cm³/mol. The Morgan fingerprint density at radius 3 is 2.79 bits per heavy atom. The number of fused-ring (bicyclic) bond motifs is 1. The van der Waals surface area contributed by atoms with Crippen molar-refractivity contribution in [3.05, 3.63) is 54.1 Å². The molecule has 0 spiro atoms. The fraction of sp³-hybridized carbons (Fsp3) is 0.350. The molecule has 1 atom stereocenters. The molecule has 0 aliphatic carbocycles. The lowest BCUT2D eigenvalue weighted by molar-refractivity contribution is -0.115. The van der Waals surface area contributed by atoms with E-state index in [0.717, 1.165) is 18.5 Å². The van der Waals surface area contributed by atoms with Gasteiger partial charge in [-0.25, -0.2) is 0 Å². The van der Waals surface area contributed by atoms with Gasteiger partial charge in [0.25, 0.3) is 0 Å². The summed E-state index contributed by atoms with van der Waals surface area (Å²) in [5, 5.41) is 2.99. The van der Waals surface area contributed by atoms with Gasteiger partial charge >= 0.3 is 0 Å². The number of carbonyl (C=O) groups is 1. The zero-order valence-corrected chi connectivity index (χ0v) is 14.3. The summed E-state index contributed by atoms with van der Waals surface area (Å²) in [5.41, 5.74) is 3.21. The number of hydrogen-bond acceptors (Lipinski definition) is 3. The van der Waals surface area contributed by atoms with Crippen molar-refractivity contribution >= 4 is 17.3 Å². The average Bonchev–Trinajstić information content (AvgIpc) is 2.59. The Balaban J connectivity index is 1.74. The van der Waals surface area contributed by atoms with Crippen LogP contribution in [0, 0.1) is 0 Å². The molecule has 1 heterocycles. The number of carbonyl (C=O) groups excluding carboxylic acids is 1. The number of benzene rings is 2. The van der Waals surface area contributed by atoms with Crippen LogP contribution in [0.25, 0.3) is 0 Å². The Hall–Kier alpha value is -2.49. The maximum Gasteiger partial charge on any atom is 0.244 e. The molecular formula is C20H24N2O2. The monoisotopic (exact) mass is 324 g/mol. The lowest BCUT2D eigenvalue weighted by Gasteiger charge is -2.36. The fourth-order valence-corrected chi connectivity index (χ4v) is 3.20. The van der Waals surface area contributed by atoms with Gasteiger partial charge in [-0.05, 0) is 50.5 Å². The molecule has 126 valence electrons. The van der Waals surface area contributed by atoms with Crippen molar-refractivity contribution in [1.29, 1.82) is 0 Å². The minimum absolute atomic E-state index is 0.0225. The smallest absolute Gasteiger partial charge is 0.244 e. The van der Waals surface area contributed by atoms with Crippen LogP contribution in [0.15, 0.2) is 48.5 Å². The third-order valence-electron chi connectivity index (χ3n) is 4.44. The first kappa shape index (κ1) is 16.4. The minimum atomic E-state index is -0.0225. The van der Waals surface area contributed by atoms with Gasteiger partial charge in [-0.2, -0.15) is 0 Å². The van der Waals surface area contributed by atoms with Crippen LogP contribution in [-0.4, -0.2) is 25.1 Å². The van der Waals surface area contributed by atoms with E-state index in [2.05, 4.69) is 35.3 Å². The van der Waals surface area contributed by atoms with Gasteiger partial charge in [-0.3, -0.25) is 4.79 Å². The number of anilines is 2. The lowest BCUT2D eigenvalue weighted by atomic mass is 9.96. The first-order chi connectivity index (χ1) is 11.7. The van der Waals surface area contributed by atoms with E-state index < -0.39 is 0 Å². The number of hydrogen-bond donors (Lipinski definition) is 1. The van der Waals surface area contributed by atoms with Crippen molar-refractivity contribution in [1.82, 2.24) is 0 Å². The van der Waals surface area contributed by atoms with Crippen molar-refractivity contribution < 1.29 is 9.53 Å². The normalized spacial score (nSPS) is 16.4. The minimum Gasteiger partial charge on any atom is -0.492 e. The SMILES string of the molecule is CCOc1ccccc1NC(=O)CN1c2ccccc2CCC1C. The van der Waals surface area contributed by atoms with Gasteiger partial charge in [0, 0.05) is 11.7 Å². The summed E-state index contributed by atoms with van der Waals surface area (Å²) in [6.45, 7) is 5.03. The summed E-state index contributed by atoms with van der Waals surface area (Å²) in [5.74, 6) is 0.686. The molecular weight excluding hydrogens is 300 g/mol. The van der Waals surface area contributed by atoms with Crippen LogP contribution in [0.5, 0.6) is 5.75 Å². The van der Waals surface area contributed by atoms with Crippen LogP contribution in [-0.2, 0) is 11.2 Å². The zero-order chi connectivity index (χ0) is 16.9. The maximum absolute atomic E-state index is 12.6. The molecule has 1 aliphatic heterocycles. The van der Waals surface area contributed by atoms with Crippen LogP contribution in [0.2, 0.25) is 0 Å². The van der Waals surface area contributed by atoms with Crippen LogP contribution in [0.4, 0.5) is 11.4 Å². The van der Waals surface area contributed by atoms with E-state index in [1.54, 1.807) is 0 Å². The molecule has 0 saturated heterocycles. The zero-order valence-electron chi connectivity index (χ0n) is 14.3. The van der Waals surface area contributed by atoms with Crippen LogP contribution < -0.4 is 15.0 Å². The third-order valence-corrected chi connectivity index (χ3v) is 4.44. The van der Waals surface area contributed by atoms with E-state index in [4.69, 9.17) is 4.74 Å². The summed E-state index contributed by atoms with van der Waals surface area (Å²) in [7, 11) is 0. The Morgan fingerprint density at radius 1 is 1.21 bits per heavy atom. The number of rotatable bonds is 5. The number of aryl methyl sites for hydroxylation is 1. The van der Waals surface area contributed by atoms with Gasteiger partial charge < -0.3 is 15.0 Å². The summed E-state index contributed by atoms with van der Waals surface area (Å²) in [6.07, 6.45) is 2.14. The van der Waals surface area contributed by atoms with Gasteiger partial charge in [0.1, 0.15) is 5.75 Å². The van der Waals surface area contributed by atoms with Crippen molar-refractivity contribution in [3.8, 4) is 5.75 Å². The molecule has 1 amide bonds. The van der Waals surface area contributed by atoms with Crippen molar-refractivity contribution in [2.45, 2.75) is 32.7 Å². The molecule has 0 aromatic heterocycles. The van der Waals surface area contributed by atoms with Crippen LogP contribution in [0.3, 0.4) is 0 Å². The standard InChI is InChI=1S/C20H24N2O2/c1-3-24-19-11-7-5-9-17(19)21-20(23)14-22-15(2)12-13-16-8-4-6-10-18(16)22/h4-11,15H,3,12-14H2,1-2H3,(H,21,23). The van der Waals surface area contributed by atoms with Crippen LogP contribution >= 0.6 is 0 Å². The third kappa shape index (κ3) is 3.53. The Kier molecular flexibility index (Phi) is 5.04. The molecule has 1 N–H and O–H groups in total. The quantitative estimate of drug-likeness (QED) is 0.908. The molecule has 1 unspecified atom stereocenters. The van der Waals surface area contributed by atoms with Crippen molar-refractivity contribution in [3.63, 3.8) is 0 Å². The summed E-state index contributed by atoms with van der Waals surface area (Å²) in [6, 6.07) is 16.3. The number of amides is 1. The van der Waals surface area contributed by atoms with E-state index in [-0.39, 0.29) is 5.91 Å². The summed E-state index contributed by atoms with van der Waals surface area (Å²) < 4.78 is 5.58. The summed E-state index contributed by atoms with van der Waals surface area (Å²) in [4.78, 5) is 14.8. The van der Waals surface area contributed by atoms with Gasteiger partial charge in [0.05, 0.1) is 18.8 Å². The van der Waals surface area contributed by atoms with E-state index in [0.29, 0.717) is 24.9 Å². The highest BCUT2D eigenvalue weighted by molar-refractivity contribution is 5.95. The predicted octanol–water partition coefficient (Wildman–Crippen LogP) is 3.87. The largest absolute Gasteiger partial charge is 0.492 e. The number of nitrogens with zero attached hydrogens (tertiary/aromatic N) is 1. The molecule has 4 heteroatoms. The first-order valence-electron chi connectivity index (χ1n) is 8.55. The van der Waals surface area contributed by atoms with E-state index >= 15 is 0 Å². The topological polar surface area (TPSA) is 41.6 Å². The van der Waals surface area contributed by atoms with Crippen molar-refractivity contribution in [2.24, 2.45) is 0 Å². The number of para-hydroxylation sites is 3. The first-order valence-corrected chi connectivity index (χ1v) is 8.55. The second kappa shape index (κ2) is 7.39. The molecule has 3 rings (SSSR count). The molecule has 2 aromatic carbocycles. The van der Waals surface area contributed by atoms with Gasteiger partial charge in [-0.1, -0.05) is 30.3 Å². The fourth-order valence-electron chi connectivity index (χ4n) is 3.20. The molecule has 0 bridgehead atoms. The van der Waals surface area contributed by atoms with E-state index in [1.165, 1.54) is 11.3 Å². The maximum atomic E-state index is 12.6. The number of ether oxygens (including phenoxy) is 1. The lowest BCUT2D eigenvalue weighted by Crippen LogP contribution is -2.42. The molecule has 0 saturated carbocycles. The Morgan fingerprint density at radius 2 is 1.96 bits per heavy atom. The Labute approximate surface area is 143 Å². The van der Waals surface area contributed by atoms with E-state index in [9.17, 15) is 4.79 Å². The highest BCUT2D eigenvalue weighted by Crippen LogP contribution is 2.30. The number of nitrogens with one attached hydrogen (secondary N) is 1. The second-order valence-electron chi connectivity index (χ2n) is 6.12. The molecule has 24 heavy (non-hydrogen) atoms. The highest BCUT2D eigenvalue weighted by Gasteiger charge is 2.24. The average molecular weight is 324 g/mol. The van der Waals surface area contributed by atoms with Gasteiger partial charge in [0.2, 0.25) is 5.91 Å². The van der Waals surface area contributed by atoms with E-state index in [1.807, 2.05) is 37.3 Å². The molecule has 2 aromatic rings. The molecule has 4 nitrogen and oxygen atoms in total. The van der Waals surface area contributed by atoms with Gasteiger partial charge in [0.15, 0.2) is 0 Å². The van der Waals surface area contributed by atoms with Gasteiger partial charge in [-0.15, -0.1) is 0 Å². The highest BCUT2D eigenvalue weighted by atomic mass is 16.5. The molecule has 0 fully saturated rings. The molecule has 0 radical (unpaired) electrons. The Bertz CT molecular complexity index is 714. The summed E-state index contributed by atoms with van der Waals surface area (Å²) >= 11 is 0. The van der Waals surface area contributed by atoms with Crippen LogP contribution in [0.1, 0.15) is 25.8 Å².